The third kappa shape index (κ3) is 4.34. The zero-order valence-corrected chi connectivity index (χ0v) is 15.5. The Morgan fingerprint density at radius 1 is 1.11 bits per heavy atom. The van der Waals surface area contributed by atoms with Crippen LogP contribution >= 0.6 is 0 Å². The number of benzene rings is 2. The van der Waals surface area contributed by atoms with Gasteiger partial charge in [0.1, 0.15) is 12.1 Å². The van der Waals surface area contributed by atoms with E-state index in [1.54, 1.807) is 13.0 Å². The smallest absolute Gasteiger partial charge is 0.325 e. The molecular weight excluding hydrogens is 342 g/mol. The van der Waals surface area contributed by atoms with Gasteiger partial charge in [-0.25, -0.2) is 4.79 Å². The number of nitrogens with zero attached hydrogens (tertiary/aromatic N) is 1. The Morgan fingerprint density at radius 3 is 2.56 bits per heavy atom. The molecule has 0 unspecified atom stereocenters. The van der Waals surface area contributed by atoms with Crippen molar-refractivity contribution in [1.29, 1.82) is 0 Å². The fourth-order valence-electron chi connectivity index (χ4n) is 3.17. The number of nitrogens with one attached hydrogen (secondary N) is 2. The number of imide groups is 1. The molecule has 27 heavy (non-hydrogen) atoms. The number of hydrogen-bond acceptors (Lipinski definition) is 3. The first-order valence-electron chi connectivity index (χ1n) is 8.92. The van der Waals surface area contributed by atoms with Gasteiger partial charge < -0.3 is 10.6 Å². The van der Waals surface area contributed by atoms with Crippen molar-refractivity contribution in [2.24, 2.45) is 0 Å². The fraction of sp³-hybridized carbons (Fsp3) is 0.286. The van der Waals surface area contributed by atoms with Gasteiger partial charge >= 0.3 is 6.03 Å². The maximum Gasteiger partial charge on any atom is 0.325 e. The van der Waals surface area contributed by atoms with Gasteiger partial charge in [-0.2, -0.15) is 0 Å². The zero-order valence-electron chi connectivity index (χ0n) is 15.5. The molecule has 2 aromatic rings. The number of urea groups is 1. The summed E-state index contributed by atoms with van der Waals surface area (Å²) in [6, 6.07) is 16.6. The highest BCUT2D eigenvalue weighted by Crippen LogP contribution is 2.23. The summed E-state index contributed by atoms with van der Waals surface area (Å²) in [5.41, 5.74) is 1.74. The van der Waals surface area contributed by atoms with Crippen LogP contribution in [0.1, 0.15) is 24.5 Å². The molecule has 0 radical (unpaired) electrons. The van der Waals surface area contributed by atoms with Crippen LogP contribution < -0.4 is 10.6 Å². The molecule has 1 aliphatic rings. The summed E-state index contributed by atoms with van der Waals surface area (Å²) in [6.07, 6.45) is 1.13. The lowest BCUT2D eigenvalue weighted by atomic mass is 9.93. The summed E-state index contributed by atoms with van der Waals surface area (Å²) in [5.74, 6) is -0.778. The molecule has 0 spiro atoms. The predicted molar refractivity (Wildman–Crippen MR) is 103 cm³/mol. The summed E-state index contributed by atoms with van der Waals surface area (Å²) >= 11 is 0. The maximum absolute atomic E-state index is 12.8. The van der Waals surface area contributed by atoms with Crippen molar-refractivity contribution in [1.82, 2.24) is 10.2 Å². The Morgan fingerprint density at radius 2 is 1.85 bits per heavy atom. The summed E-state index contributed by atoms with van der Waals surface area (Å²) in [7, 11) is 0. The van der Waals surface area contributed by atoms with Crippen molar-refractivity contribution in [2.45, 2.75) is 32.2 Å². The molecule has 0 aromatic heterocycles. The first-order chi connectivity index (χ1) is 12.9. The largest absolute Gasteiger partial charge is 0.325 e. The third-order valence-electron chi connectivity index (χ3n) is 4.71. The van der Waals surface area contributed by atoms with E-state index in [-0.39, 0.29) is 12.5 Å². The third-order valence-corrected chi connectivity index (χ3v) is 4.71. The molecule has 0 bridgehead atoms. The monoisotopic (exact) mass is 365 g/mol. The highest BCUT2D eigenvalue weighted by atomic mass is 16.2. The van der Waals surface area contributed by atoms with Crippen molar-refractivity contribution < 1.29 is 14.4 Å². The number of hydrogen-bond donors (Lipinski definition) is 2. The minimum absolute atomic E-state index is 0.306. The summed E-state index contributed by atoms with van der Waals surface area (Å²) in [4.78, 5) is 38.3. The van der Waals surface area contributed by atoms with E-state index in [0.717, 1.165) is 16.0 Å². The second-order valence-electron chi connectivity index (χ2n) is 7.06. The highest BCUT2D eigenvalue weighted by molar-refractivity contribution is 6.09. The summed E-state index contributed by atoms with van der Waals surface area (Å²) in [5, 5.41) is 5.46. The molecule has 4 amide bonds. The summed E-state index contributed by atoms with van der Waals surface area (Å²) in [6.45, 7) is 3.32. The number of carbonyl (C=O) groups is 3. The van der Waals surface area contributed by atoms with E-state index in [1.165, 1.54) is 0 Å². The van der Waals surface area contributed by atoms with Crippen LogP contribution in [0.25, 0.3) is 0 Å². The molecule has 1 aliphatic heterocycles. The lowest BCUT2D eigenvalue weighted by Gasteiger charge is -2.21. The molecular formula is C21H23N3O3. The van der Waals surface area contributed by atoms with Crippen LogP contribution in [0, 0.1) is 6.92 Å². The Balaban J connectivity index is 1.62. The van der Waals surface area contributed by atoms with Crippen molar-refractivity contribution in [3.05, 3.63) is 65.7 Å². The number of amides is 4. The normalized spacial score (nSPS) is 19.1. The first kappa shape index (κ1) is 18.6. The molecule has 1 fully saturated rings. The second kappa shape index (κ2) is 7.61. The molecule has 1 atom stereocenters. The van der Waals surface area contributed by atoms with Gasteiger partial charge in [0.25, 0.3) is 5.91 Å². The molecule has 1 saturated heterocycles. The van der Waals surface area contributed by atoms with Gasteiger partial charge in [-0.1, -0.05) is 42.5 Å². The van der Waals surface area contributed by atoms with Gasteiger partial charge in [0, 0.05) is 5.69 Å². The van der Waals surface area contributed by atoms with Crippen molar-refractivity contribution in [3.63, 3.8) is 0 Å². The van der Waals surface area contributed by atoms with Gasteiger partial charge in [-0.3, -0.25) is 14.5 Å². The van der Waals surface area contributed by atoms with E-state index in [4.69, 9.17) is 0 Å². The molecule has 2 aromatic carbocycles. The van der Waals surface area contributed by atoms with Crippen LogP contribution in [0.2, 0.25) is 0 Å². The number of anilines is 1. The van der Waals surface area contributed by atoms with E-state index < -0.39 is 17.5 Å². The average Bonchev–Trinajstić information content (AvgIpc) is 2.84. The van der Waals surface area contributed by atoms with Crippen molar-refractivity contribution in [2.75, 3.05) is 11.9 Å². The molecule has 2 N–H and O–H groups in total. The Kier molecular flexibility index (Phi) is 5.26. The molecule has 6 nitrogen and oxygen atoms in total. The molecule has 140 valence electrons. The van der Waals surface area contributed by atoms with E-state index in [0.29, 0.717) is 18.5 Å². The number of aryl methyl sites for hydroxylation is 2. The minimum Gasteiger partial charge on any atom is -0.325 e. The second-order valence-corrected chi connectivity index (χ2v) is 7.06. The van der Waals surface area contributed by atoms with Crippen LogP contribution in [0.3, 0.4) is 0 Å². The van der Waals surface area contributed by atoms with Crippen molar-refractivity contribution in [3.8, 4) is 0 Å². The minimum atomic E-state index is -1.00. The molecule has 0 saturated carbocycles. The Bertz CT molecular complexity index is 866. The van der Waals surface area contributed by atoms with Gasteiger partial charge in [-0.15, -0.1) is 0 Å². The Hall–Kier alpha value is -3.15. The van der Waals surface area contributed by atoms with Gasteiger partial charge in [-0.05, 0) is 49.9 Å². The van der Waals surface area contributed by atoms with E-state index in [1.807, 2.05) is 55.5 Å². The zero-order chi connectivity index (χ0) is 19.4. The lowest BCUT2D eigenvalue weighted by Crippen LogP contribution is -2.45. The topological polar surface area (TPSA) is 78.5 Å². The number of rotatable bonds is 6. The SMILES string of the molecule is Cc1cccc(NC(=O)CN2C(=O)N[C@](C)(CCc3ccccc3)C2=O)c1. The first-order valence-corrected chi connectivity index (χ1v) is 8.92. The van der Waals surface area contributed by atoms with Gasteiger partial charge in [0.2, 0.25) is 5.91 Å². The molecule has 3 rings (SSSR count). The average molecular weight is 365 g/mol. The molecule has 6 heteroatoms. The van der Waals surface area contributed by atoms with E-state index in [9.17, 15) is 14.4 Å². The van der Waals surface area contributed by atoms with Crippen LogP contribution in [-0.2, 0) is 16.0 Å². The van der Waals surface area contributed by atoms with Crippen LogP contribution in [0.5, 0.6) is 0 Å². The Labute approximate surface area is 158 Å². The standard InChI is InChI=1S/C21H23N3O3/c1-15-7-6-10-17(13-15)22-18(25)14-24-19(26)21(2,23-20(24)27)12-11-16-8-4-3-5-9-16/h3-10,13H,11-12,14H2,1-2H3,(H,22,25)(H,23,27)/t21-/m1/s1. The molecule has 0 aliphatic carbocycles. The van der Waals surface area contributed by atoms with Gasteiger partial charge in [0.15, 0.2) is 0 Å². The van der Waals surface area contributed by atoms with Crippen LogP contribution in [0.15, 0.2) is 54.6 Å². The van der Waals surface area contributed by atoms with Crippen molar-refractivity contribution >= 4 is 23.5 Å². The lowest BCUT2D eigenvalue weighted by molar-refractivity contribution is -0.133. The predicted octanol–water partition coefficient (Wildman–Crippen LogP) is 2.88. The summed E-state index contributed by atoms with van der Waals surface area (Å²) < 4.78 is 0. The van der Waals surface area contributed by atoms with Crippen LogP contribution in [0.4, 0.5) is 10.5 Å². The van der Waals surface area contributed by atoms with E-state index >= 15 is 0 Å². The van der Waals surface area contributed by atoms with Gasteiger partial charge in [0.05, 0.1) is 0 Å². The quantitative estimate of drug-likeness (QED) is 0.773. The van der Waals surface area contributed by atoms with Crippen LogP contribution in [-0.4, -0.2) is 34.8 Å². The highest BCUT2D eigenvalue weighted by Gasteiger charge is 2.47. The van der Waals surface area contributed by atoms with E-state index in [2.05, 4.69) is 10.6 Å². The number of carbonyl (C=O) groups excluding carboxylic acids is 3. The molecule has 1 heterocycles. The fourth-order valence-corrected chi connectivity index (χ4v) is 3.17. The maximum atomic E-state index is 12.8.